The molecule has 0 aliphatic carbocycles. The number of unbranched alkanes of at least 4 members (excludes halogenated alkanes) is 1. The van der Waals surface area contributed by atoms with Crippen LogP contribution in [0.15, 0.2) is 24.3 Å². The van der Waals surface area contributed by atoms with Crippen LogP contribution in [0.4, 0.5) is 4.39 Å². The zero-order valence-electron chi connectivity index (χ0n) is 9.95. The Labute approximate surface area is 101 Å². The topological polar surface area (TPSA) is 49.3 Å². The van der Waals surface area contributed by atoms with Crippen molar-refractivity contribution in [3.63, 3.8) is 0 Å². The molecule has 0 amide bonds. The number of hydrogen-bond donors (Lipinski definition) is 2. The molecular weight excluding hydrogens is 221 g/mol. The zero-order valence-corrected chi connectivity index (χ0v) is 9.95. The quantitative estimate of drug-likeness (QED) is 0.566. The molecular formula is C13H18FNO2. The molecule has 0 saturated carbocycles. The second kappa shape index (κ2) is 7.01. The van der Waals surface area contributed by atoms with Gasteiger partial charge in [0, 0.05) is 0 Å². The Morgan fingerprint density at radius 3 is 2.59 bits per heavy atom. The van der Waals surface area contributed by atoms with Crippen molar-refractivity contribution in [3.05, 3.63) is 29.8 Å². The molecule has 1 atom stereocenters. The van der Waals surface area contributed by atoms with Gasteiger partial charge in [-0.2, -0.15) is 4.39 Å². The van der Waals surface area contributed by atoms with Gasteiger partial charge in [0.25, 0.3) is 0 Å². The van der Waals surface area contributed by atoms with Gasteiger partial charge in [-0.05, 0) is 37.1 Å². The zero-order chi connectivity index (χ0) is 12.7. The van der Waals surface area contributed by atoms with Gasteiger partial charge in [-0.1, -0.05) is 25.5 Å². The van der Waals surface area contributed by atoms with E-state index >= 15 is 0 Å². The molecule has 0 unspecified atom stereocenters. The Balaban J connectivity index is 2.54. The number of halogens is 1. The molecule has 2 N–H and O–H groups in total. The summed E-state index contributed by atoms with van der Waals surface area (Å²) in [7, 11) is 0. The Kier molecular flexibility index (Phi) is 5.63. The Bertz CT molecular complexity index is 351. The Hall–Kier alpha value is -1.42. The van der Waals surface area contributed by atoms with E-state index < -0.39 is 12.1 Å². The van der Waals surface area contributed by atoms with Gasteiger partial charge < -0.3 is 10.4 Å². The second-order valence-corrected chi connectivity index (χ2v) is 4.03. The summed E-state index contributed by atoms with van der Waals surface area (Å²) in [6.45, 7) is 2.67. The van der Waals surface area contributed by atoms with Crippen LogP contribution in [0, 0.1) is 0 Å². The number of aromatic hydroxyl groups is 1. The summed E-state index contributed by atoms with van der Waals surface area (Å²) in [4.78, 5) is 10.8. The summed E-state index contributed by atoms with van der Waals surface area (Å²) >= 11 is 0. The summed E-state index contributed by atoms with van der Waals surface area (Å²) in [6.07, 6.45) is 2.22. The van der Waals surface area contributed by atoms with Gasteiger partial charge in [0.1, 0.15) is 11.8 Å². The standard InChI is InChI=1S/C13H18FNO2/c1-2-3-8-15-12(13(14)17)9-10-4-6-11(16)7-5-10/h4-7,12,15-16H,2-3,8-9H2,1H3/t12-/m0/s1. The minimum atomic E-state index is -1.34. The van der Waals surface area contributed by atoms with Crippen LogP contribution in [0.5, 0.6) is 5.75 Å². The number of nitrogens with one attached hydrogen (secondary N) is 1. The van der Waals surface area contributed by atoms with E-state index in [9.17, 15) is 9.18 Å². The molecule has 0 fully saturated rings. The molecule has 4 heteroatoms. The molecule has 1 aromatic rings. The fraction of sp³-hybridized carbons (Fsp3) is 0.462. The first-order chi connectivity index (χ1) is 8.13. The van der Waals surface area contributed by atoms with Crippen LogP contribution >= 0.6 is 0 Å². The van der Waals surface area contributed by atoms with Gasteiger partial charge in [0.2, 0.25) is 0 Å². The molecule has 0 bridgehead atoms. The van der Waals surface area contributed by atoms with Crippen molar-refractivity contribution >= 4 is 6.04 Å². The summed E-state index contributed by atoms with van der Waals surface area (Å²) in [6, 6.07) is 4.31. The lowest BCUT2D eigenvalue weighted by Gasteiger charge is -2.13. The average molecular weight is 239 g/mol. The number of phenolic OH excluding ortho intramolecular Hbond substituents is 1. The van der Waals surface area contributed by atoms with Crippen LogP contribution in [-0.2, 0) is 11.2 Å². The lowest BCUT2D eigenvalue weighted by atomic mass is 10.1. The van der Waals surface area contributed by atoms with E-state index in [1.54, 1.807) is 12.1 Å². The molecule has 0 saturated heterocycles. The maximum absolute atomic E-state index is 12.8. The molecule has 0 spiro atoms. The number of carbonyl (C=O) groups is 1. The third-order valence-corrected chi connectivity index (χ3v) is 2.57. The van der Waals surface area contributed by atoms with Gasteiger partial charge in [0.15, 0.2) is 0 Å². The lowest BCUT2D eigenvalue weighted by molar-refractivity contribution is -0.131. The number of carbonyl (C=O) groups excluding carboxylic acids is 1. The highest BCUT2D eigenvalue weighted by Crippen LogP contribution is 2.11. The van der Waals surface area contributed by atoms with Crippen molar-refractivity contribution < 1.29 is 14.3 Å². The molecule has 94 valence electrons. The van der Waals surface area contributed by atoms with Crippen molar-refractivity contribution in [2.45, 2.75) is 32.2 Å². The normalized spacial score (nSPS) is 12.4. The number of benzene rings is 1. The maximum atomic E-state index is 12.8. The first kappa shape index (κ1) is 13.6. The summed E-state index contributed by atoms with van der Waals surface area (Å²) in [5, 5.41) is 12.0. The predicted molar refractivity (Wildman–Crippen MR) is 64.6 cm³/mol. The monoisotopic (exact) mass is 239 g/mol. The Morgan fingerprint density at radius 2 is 2.06 bits per heavy atom. The molecule has 1 aromatic carbocycles. The minimum absolute atomic E-state index is 0.163. The molecule has 0 aromatic heterocycles. The van der Waals surface area contributed by atoms with Crippen molar-refractivity contribution in [2.24, 2.45) is 0 Å². The third-order valence-electron chi connectivity index (χ3n) is 2.57. The van der Waals surface area contributed by atoms with Gasteiger partial charge in [-0.25, -0.2) is 0 Å². The number of rotatable bonds is 7. The highest BCUT2D eigenvalue weighted by Gasteiger charge is 2.17. The van der Waals surface area contributed by atoms with E-state index in [-0.39, 0.29) is 5.75 Å². The van der Waals surface area contributed by atoms with Gasteiger partial charge in [-0.15, -0.1) is 0 Å². The van der Waals surface area contributed by atoms with Crippen LogP contribution in [0.3, 0.4) is 0 Å². The maximum Gasteiger partial charge on any atom is 0.318 e. The second-order valence-electron chi connectivity index (χ2n) is 4.03. The molecule has 1 rings (SSSR count). The predicted octanol–water partition coefficient (Wildman–Crippen LogP) is 2.19. The minimum Gasteiger partial charge on any atom is -0.508 e. The SMILES string of the molecule is CCCCN[C@@H](Cc1ccc(O)cc1)C(=O)F. The third kappa shape index (κ3) is 4.95. The van der Waals surface area contributed by atoms with Gasteiger partial charge >= 0.3 is 6.04 Å². The fourth-order valence-electron chi connectivity index (χ4n) is 1.55. The molecule has 17 heavy (non-hydrogen) atoms. The highest BCUT2D eigenvalue weighted by atomic mass is 19.1. The largest absolute Gasteiger partial charge is 0.508 e. The molecule has 0 radical (unpaired) electrons. The fourth-order valence-corrected chi connectivity index (χ4v) is 1.55. The molecule has 0 aliphatic rings. The lowest BCUT2D eigenvalue weighted by Crippen LogP contribution is -2.37. The summed E-state index contributed by atoms with van der Waals surface area (Å²) < 4.78 is 12.8. The van der Waals surface area contributed by atoms with E-state index in [0.29, 0.717) is 13.0 Å². The summed E-state index contributed by atoms with van der Waals surface area (Å²) in [5.74, 6) is 0.163. The van der Waals surface area contributed by atoms with Gasteiger partial charge in [-0.3, -0.25) is 4.79 Å². The number of phenols is 1. The number of hydrogen-bond acceptors (Lipinski definition) is 3. The smallest absolute Gasteiger partial charge is 0.318 e. The van der Waals surface area contributed by atoms with E-state index in [2.05, 4.69) is 5.32 Å². The van der Waals surface area contributed by atoms with Crippen LogP contribution in [-0.4, -0.2) is 23.7 Å². The first-order valence-corrected chi connectivity index (χ1v) is 5.84. The van der Waals surface area contributed by atoms with Crippen molar-refractivity contribution in [1.29, 1.82) is 0 Å². The van der Waals surface area contributed by atoms with Gasteiger partial charge in [0.05, 0.1) is 0 Å². The van der Waals surface area contributed by atoms with Crippen LogP contribution < -0.4 is 5.32 Å². The van der Waals surface area contributed by atoms with Crippen molar-refractivity contribution in [3.8, 4) is 5.75 Å². The van der Waals surface area contributed by atoms with E-state index in [4.69, 9.17) is 5.11 Å². The first-order valence-electron chi connectivity index (χ1n) is 5.84. The molecule has 0 aliphatic heterocycles. The summed E-state index contributed by atoms with van der Waals surface area (Å²) in [5.41, 5.74) is 0.822. The average Bonchev–Trinajstić information content (AvgIpc) is 2.30. The van der Waals surface area contributed by atoms with E-state index in [0.717, 1.165) is 18.4 Å². The van der Waals surface area contributed by atoms with Crippen LogP contribution in [0.25, 0.3) is 0 Å². The van der Waals surface area contributed by atoms with E-state index in [1.165, 1.54) is 12.1 Å². The van der Waals surface area contributed by atoms with Crippen LogP contribution in [0.2, 0.25) is 0 Å². The Morgan fingerprint density at radius 1 is 1.41 bits per heavy atom. The highest BCUT2D eigenvalue weighted by molar-refractivity contribution is 5.74. The molecule has 0 heterocycles. The van der Waals surface area contributed by atoms with Crippen LogP contribution in [0.1, 0.15) is 25.3 Å². The van der Waals surface area contributed by atoms with E-state index in [1.807, 2.05) is 6.92 Å². The van der Waals surface area contributed by atoms with Crippen molar-refractivity contribution in [2.75, 3.05) is 6.54 Å². The van der Waals surface area contributed by atoms with Crippen molar-refractivity contribution in [1.82, 2.24) is 5.32 Å². The molecule has 3 nitrogen and oxygen atoms in total.